The van der Waals surface area contributed by atoms with Gasteiger partial charge in [0.15, 0.2) is 10.2 Å². The molecule has 0 fully saturated rings. The molecule has 0 radical (unpaired) electrons. The summed E-state index contributed by atoms with van der Waals surface area (Å²) in [5.41, 5.74) is 9.50. The first kappa shape index (κ1) is 28.7. The van der Waals surface area contributed by atoms with E-state index in [2.05, 4.69) is 31.7 Å². The quantitative estimate of drug-likeness (QED) is 0.0813. The molecule has 188 valence electrons. The predicted molar refractivity (Wildman–Crippen MR) is 172 cm³/mol. The van der Waals surface area contributed by atoms with Gasteiger partial charge in [-0.1, -0.05) is 48.6 Å². The van der Waals surface area contributed by atoms with Crippen LogP contribution in [0.4, 0.5) is 11.4 Å². The lowest BCUT2D eigenvalue weighted by Crippen LogP contribution is -2.25. The van der Waals surface area contributed by atoms with E-state index in [4.69, 9.17) is 36.7 Å². The van der Waals surface area contributed by atoms with Gasteiger partial charge in [0.2, 0.25) is 0 Å². The Hall–Kier alpha value is -1.87. The van der Waals surface area contributed by atoms with Crippen molar-refractivity contribution in [3.05, 3.63) is 63.8 Å². The molecule has 0 spiro atoms. The Kier molecular flexibility index (Phi) is 12.3. The zero-order chi connectivity index (χ0) is 25.8. The first-order chi connectivity index (χ1) is 17.4. The standard InChI is InChI=1S/C23H24N6S7/c1-15(26-28-21(30)24-17-9-5-3-6-10-17)13-33-19-20(36-23(32)35-19)34-14-16(2)27-29-22(31)25-18-11-7-4-8-12-18/h3-12H,13-14H2,1-2H3,(H2,24,28,30)(H2,25,29,31)/b26-15-,27-16-. The lowest BCUT2D eigenvalue weighted by Gasteiger charge is -2.08. The molecule has 0 bridgehead atoms. The summed E-state index contributed by atoms with van der Waals surface area (Å²) in [6, 6.07) is 19.5. The molecule has 3 aromatic rings. The van der Waals surface area contributed by atoms with Gasteiger partial charge in [0.1, 0.15) is 3.14 Å². The highest BCUT2D eigenvalue weighted by Crippen LogP contribution is 2.40. The Morgan fingerprint density at radius 1 is 0.722 bits per heavy atom. The smallest absolute Gasteiger partial charge is 0.191 e. The van der Waals surface area contributed by atoms with Crippen LogP contribution in [0.3, 0.4) is 0 Å². The van der Waals surface area contributed by atoms with Crippen LogP contribution in [0, 0.1) is 3.14 Å². The number of hydrogen-bond donors (Lipinski definition) is 4. The van der Waals surface area contributed by atoms with Crippen molar-refractivity contribution in [1.29, 1.82) is 0 Å². The molecular formula is C23H24N6S7. The van der Waals surface area contributed by atoms with Crippen molar-refractivity contribution in [2.75, 3.05) is 22.1 Å². The molecule has 6 nitrogen and oxygen atoms in total. The van der Waals surface area contributed by atoms with Crippen LogP contribution in [0.1, 0.15) is 13.8 Å². The van der Waals surface area contributed by atoms with E-state index in [0.717, 1.165) is 37.4 Å². The summed E-state index contributed by atoms with van der Waals surface area (Å²) in [6.07, 6.45) is 0. The Balaban J connectivity index is 1.45. The van der Waals surface area contributed by atoms with Gasteiger partial charge >= 0.3 is 0 Å². The van der Waals surface area contributed by atoms with E-state index in [0.29, 0.717) is 10.2 Å². The molecular weight excluding hydrogens is 585 g/mol. The maximum Gasteiger partial charge on any atom is 0.191 e. The third-order valence-corrected chi connectivity index (χ3v) is 10.4. The second kappa shape index (κ2) is 15.4. The van der Waals surface area contributed by atoms with E-state index in [9.17, 15) is 0 Å². The molecule has 0 aliphatic rings. The van der Waals surface area contributed by atoms with Gasteiger partial charge in [0, 0.05) is 34.3 Å². The van der Waals surface area contributed by atoms with Crippen molar-refractivity contribution in [1.82, 2.24) is 10.9 Å². The molecule has 4 N–H and O–H groups in total. The van der Waals surface area contributed by atoms with Crippen LogP contribution in [0.5, 0.6) is 0 Å². The van der Waals surface area contributed by atoms with E-state index >= 15 is 0 Å². The summed E-state index contributed by atoms with van der Waals surface area (Å²) in [6.45, 7) is 3.94. The number of para-hydroxylation sites is 2. The number of hydrazone groups is 2. The zero-order valence-electron chi connectivity index (χ0n) is 19.4. The summed E-state index contributed by atoms with van der Waals surface area (Å²) in [5, 5.41) is 15.9. The SMILES string of the molecule is C/C(CSc1sc(=S)sc1SC/C(C)=N\NC(=S)Nc1ccccc1)=N/NC(=S)Nc1ccccc1. The van der Waals surface area contributed by atoms with Crippen molar-refractivity contribution in [2.45, 2.75) is 22.3 Å². The lowest BCUT2D eigenvalue weighted by atomic mass is 10.3. The number of benzene rings is 2. The molecule has 0 saturated heterocycles. The predicted octanol–water partition coefficient (Wildman–Crippen LogP) is 7.45. The maximum atomic E-state index is 5.45. The van der Waals surface area contributed by atoms with Gasteiger partial charge in [0.25, 0.3) is 0 Å². The van der Waals surface area contributed by atoms with Crippen molar-refractivity contribution < 1.29 is 0 Å². The zero-order valence-corrected chi connectivity index (χ0v) is 25.2. The van der Waals surface area contributed by atoms with Crippen LogP contribution in [0.2, 0.25) is 0 Å². The molecule has 0 aliphatic heterocycles. The van der Waals surface area contributed by atoms with Crippen LogP contribution in [-0.2, 0) is 0 Å². The molecule has 0 saturated carbocycles. The molecule has 36 heavy (non-hydrogen) atoms. The molecule has 3 rings (SSSR count). The van der Waals surface area contributed by atoms with E-state index in [1.165, 1.54) is 8.42 Å². The van der Waals surface area contributed by atoms with E-state index < -0.39 is 0 Å². The van der Waals surface area contributed by atoms with Crippen LogP contribution in [-0.4, -0.2) is 33.2 Å². The largest absolute Gasteiger partial charge is 0.331 e. The first-order valence-corrected chi connectivity index (χ1v) is 15.4. The fourth-order valence-corrected chi connectivity index (χ4v) is 8.66. The Morgan fingerprint density at radius 3 is 1.50 bits per heavy atom. The molecule has 13 heteroatoms. The molecule has 0 unspecified atom stereocenters. The highest BCUT2D eigenvalue weighted by atomic mass is 32.2. The van der Waals surface area contributed by atoms with Crippen LogP contribution in [0.15, 0.2) is 79.3 Å². The molecule has 0 atom stereocenters. The molecule has 1 heterocycles. The molecule has 1 aromatic heterocycles. The first-order valence-electron chi connectivity index (χ1n) is 10.6. The average molecular weight is 609 g/mol. The highest BCUT2D eigenvalue weighted by Gasteiger charge is 2.10. The summed E-state index contributed by atoms with van der Waals surface area (Å²) < 4.78 is 3.29. The third kappa shape index (κ3) is 10.6. The van der Waals surface area contributed by atoms with Crippen molar-refractivity contribution >= 4 is 116 Å². The minimum absolute atomic E-state index is 0.454. The number of nitrogens with zero attached hydrogens (tertiary/aromatic N) is 2. The fraction of sp³-hybridized carbons (Fsp3) is 0.174. The van der Waals surface area contributed by atoms with Crippen LogP contribution in [0.25, 0.3) is 0 Å². The van der Waals surface area contributed by atoms with Gasteiger partial charge in [-0.25, -0.2) is 0 Å². The number of thioether (sulfide) groups is 2. The highest BCUT2D eigenvalue weighted by molar-refractivity contribution is 8.05. The van der Waals surface area contributed by atoms with Gasteiger partial charge in [-0.2, -0.15) is 10.2 Å². The Bertz CT molecular complexity index is 1170. The second-order valence-electron chi connectivity index (χ2n) is 7.16. The van der Waals surface area contributed by atoms with Crippen LogP contribution < -0.4 is 21.5 Å². The van der Waals surface area contributed by atoms with Crippen molar-refractivity contribution in [3.63, 3.8) is 0 Å². The average Bonchev–Trinajstić information content (AvgIpc) is 3.24. The summed E-state index contributed by atoms with van der Waals surface area (Å²) in [7, 11) is 0. The molecule has 0 amide bonds. The van der Waals surface area contributed by atoms with E-state index in [1.807, 2.05) is 74.5 Å². The van der Waals surface area contributed by atoms with E-state index in [-0.39, 0.29) is 0 Å². The topological polar surface area (TPSA) is 72.8 Å². The summed E-state index contributed by atoms with van der Waals surface area (Å²) in [5.74, 6) is 1.45. The van der Waals surface area contributed by atoms with Crippen molar-refractivity contribution in [3.8, 4) is 0 Å². The fourth-order valence-electron chi connectivity index (χ4n) is 2.49. The summed E-state index contributed by atoms with van der Waals surface area (Å²) in [4.78, 5) is 0. The lowest BCUT2D eigenvalue weighted by molar-refractivity contribution is 1.03. The maximum absolute atomic E-state index is 5.45. The van der Waals surface area contributed by atoms with Gasteiger partial charge in [-0.05, 0) is 62.5 Å². The number of anilines is 2. The summed E-state index contributed by atoms with van der Waals surface area (Å²) >= 11 is 22.8. The number of nitrogens with one attached hydrogen (secondary N) is 4. The normalized spacial score (nSPS) is 11.6. The van der Waals surface area contributed by atoms with Gasteiger partial charge in [-0.3, -0.25) is 10.9 Å². The minimum atomic E-state index is 0.454. The monoisotopic (exact) mass is 608 g/mol. The third-order valence-electron chi connectivity index (χ3n) is 4.10. The Labute approximate surface area is 243 Å². The van der Waals surface area contributed by atoms with E-state index in [1.54, 1.807) is 46.2 Å². The van der Waals surface area contributed by atoms with Crippen LogP contribution >= 0.6 is 82.9 Å². The number of hydrogen-bond acceptors (Lipinski definition) is 9. The van der Waals surface area contributed by atoms with Gasteiger partial charge in [-0.15, -0.1) is 46.2 Å². The van der Waals surface area contributed by atoms with Crippen molar-refractivity contribution in [2.24, 2.45) is 10.2 Å². The van der Waals surface area contributed by atoms with Gasteiger partial charge < -0.3 is 10.6 Å². The molecule has 0 aliphatic carbocycles. The molecule has 2 aromatic carbocycles. The second-order valence-corrected chi connectivity index (χ2v) is 13.7. The Morgan fingerprint density at radius 2 is 1.11 bits per heavy atom. The minimum Gasteiger partial charge on any atom is -0.331 e. The number of thiocarbonyl (C=S) groups is 2. The van der Waals surface area contributed by atoms with Gasteiger partial charge in [0.05, 0.1) is 8.42 Å². The number of rotatable bonds is 10.